The lowest BCUT2D eigenvalue weighted by atomic mass is 10.1. The van der Waals surface area contributed by atoms with Gasteiger partial charge >= 0.3 is 0 Å². The average Bonchev–Trinajstić information content (AvgIpc) is 2.94. The van der Waals surface area contributed by atoms with Gasteiger partial charge in [-0.25, -0.2) is 0 Å². The van der Waals surface area contributed by atoms with Crippen LogP contribution >= 0.6 is 0 Å². The van der Waals surface area contributed by atoms with E-state index < -0.39 is 0 Å². The van der Waals surface area contributed by atoms with E-state index in [1.165, 1.54) is 0 Å². The van der Waals surface area contributed by atoms with Crippen molar-refractivity contribution in [1.29, 1.82) is 0 Å². The summed E-state index contributed by atoms with van der Waals surface area (Å²) in [6.45, 7) is 4.19. The normalized spacial score (nSPS) is 23.5. The third-order valence-corrected chi connectivity index (χ3v) is 3.40. The molecule has 110 valence electrons. The van der Waals surface area contributed by atoms with Gasteiger partial charge in [0.15, 0.2) is 6.29 Å². The molecule has 1 aromatic carbocycles. The van der Waals surface area contributed by atoms with Crippen LogP contribution in [0.15, 0.2) is 36.9 Å². The Morgan fingerprint density at radius 1 is 1.45 bits per heavy atom. The van der Waals surface area contributed by atoms with Crippen LogP contribution in [0.3, 0.4) is 0 Å². The Kier molecular flexibility index (Phi) is 5.59. The summed E-state index contributed by atoms with van der Waals surface area (Å²) in [6.07, 6.45) is 3.24. The summed E-state index contributed by atoms with van der Waals surface area (Å²) in [4.78, 5) is 0. The van der Waals surface area contributed by atoms with Crippen LogP contribution < -0.4 is 4.74 Å². The summed E-state index contributed by atoms with van der Waals surface area (Å²) in [5.41, 5.74) is 0.986. The number of ether oxygens (including phenoxy) is 3. The third-order valence-electron chi connectivity index (χ3n) is 3.40. The Balaban J connectivity index is 1.80. The molecule has 0 amide bonds. The maximum absolute atomic E-state index is 9.67. The Hall–Kier alpha value is -1.36. The first-order chi connectivity index (χ1) is 9.72. The third kappa shape index (κ3) is 4.07. The van der Waals surface area contributed by atoms with Crippen LogP contribution in [0.5, 0.6) is 5.75 Å². The molecule has 1 aliphatic heterocycles. The molecule has 0 aliphatic carbocycles. The lowest BCUT2D eigenvalue weighted by Crippen LogP contribution is -2.14. The lowest BCUT2D eigenvalue weighted by Gasteiger charge is -2.13. The van der Waals surface area contributed by atoms with Crippen molar-refractivity contribution in [2.24, 2.45) is 0 Å². The van der Waals surface area contributed by atoms with Crippen LogP contribution in [-0.2, 0) is 9.47 Å². The molecule has 4 heteroatoms. The number of hydrogen-bond donors (Lipinski definition) is 1. The van der Waals surface area contributed by atoms with Gasteiger partial charge < -0.3 is 19.3 Å². The summed E-state index contributed by atoms with van der Waals surface area (Å²) in [6, 6.07) is 7.67. The maximum atomic E-state index is 9.67. The zero-order chi connectivity index (χ0) is 14.4. The zero-order valence-electron chi connectivity index (χ0n) is 11.8. The second kappa shape index (κ2) is 7.43. The lowest BCUT2D eigenvalue weighted by molar-refractivity contribution is -0.0625. The number of benzene rings is 1. The highest BCUT2D eigenvalue weighted by atomic mass is 16.7. The molecule has 0 spiro atoms. The monoisotopic (exact) mass is 278 g/mol. The highest BCUT2D eigenvalue weighted by molar-refractivity contribution is 5.28. The van der Waals surface area contributed by atoms with E-state index in [-0.39, 0.29) is 18.5 Å². The van der Waals surface area contributed by atoms with Gasteiger partial charge in [-0.15, -0.1) is 6.58 Å². The first kappa shape index (κ1) is 15.0. The first-order valence-electron chi connectivity index (χ1n) is 6.93. The van der Waals surface area contributed by atoms with Crippen molar-refractivity contribution in [3.63, 3.8) is 0 Å². The average molecular weight is 278 g/mol. The SMILES string of the molecule is C=CC[C@@H](O)CC[C@H]1COC(c2ccc(OC)cc2)O1. The number of methoxy groups -OCH3 is 1. The topological polar surface area (TPSA) is 47.9 Å². The number of rotatable bonds is 7. The van der Waals surface area contributed by atoms with Crippen molar-refractivity contribution >= 4 is 0 Å². The van der Waals surface area contributed by atoms with Gasteiger partial charge in [-0.2, -0.15) is 0 Å². The predicted octanol–water partition coefficient (Wildman–Crippen LogP) is 2.83. The number of hydrogen-bond acceptors (Lipinski definition) is 4. The van der Waals surface area contributed by atoms with E-state index in [4.69, 9.17) is 14.2 Å². The number of aliphatic hydroxyl groups is 1. The molecule has 1 N–H and O–H groups in total. The van der Waals surface area contributed by atoms with Gasteiger partial charge in [-0.05, 0) is 31.4 Å². The van der Waals surface area contributed by atoms with Gasteiger partial charge in [0.25, 0.3) is 0 Å². The molecule has 2 rings (SSSR count). The van der Waals surface area contributed by atoms with E-state index in [1.54, 1.807) is 13.2 Å². The van der Waals surface area contributed by atoms with Crippen LogP contribution in [0.1, 0.15) is 31.1 Å². The second-order valence-electron chi connectivity index (χ2n) is 4.95. The van der Waals surface area contributed by atoms with Gasteiger partial charge in [0.05, 0.1) is 25.9 Å². The molecule has 0 bridgehead atoms. The van der Waals surface area contributed by atoms with E-state index in [1.807, 2.05) is 24.3 Å². The minimum atomic E-state index is -0.337. The molecule has 1 heterocycles. The molecule has 1 aliphatic rings. The smallest absolute Gasteiger partial charge is 0.184 e. The molecule has 3 atom stereocenters. The second-order valence-corrected chi connectivity index (χ2v) is 4.95. The van der Waals surface area contributed by atoms with E-state index in [9.17, 15) is 5.11 Å². The molecule has 20 heavy (non-hydrogen) atoms. The van der Waals surface area contributed by atoms with Gasteiger partial charge in [0.2, 0.25) is 0 Å². The highest BCUT2D eigenvalue weighted by Crippen LogP contribution is 2.30. The fourth-order valence-corrected chi connectivity index (χ4v) is 2.22. The Bertz CT molecular complexity index is 415. The van der Waals surface area contributed by atoms with Crippen LogP contribution in [-0.4, -0.2) is 31.0 Å². The molecular formula is C16H22O4. The van der Waals surface area contributed by atoms with Gasteiger partial charge in [-0.3, -0.25) is 0 Å². The molecule has 1 unspecified atom stereocenters. The molecule has 0 aromatic heterocycles. The van der Waals surface area contributed by atoms with Crippen molar-refractivity contribution in [2.75, 3.05) is 13.7 Å². The number of aliphatic hydroxyl groups excluding tert-OH is 1. The minimum absolute atomic E-state index is 0.0431. The van der Waals surface area contributed by atoms with Crippen molar-refractivity contribution in [3.8, 4) is 5.75 Å². The van der Waals surface area contributed by atoms with Crippen LogP contribution in [0.2, 0.25) is 0 Å². The molecule has 0 radical (unpaired) electrons. The highest BCUT2D eigenvalue weighted by Gasteiger charge is 2.27. The Labute approximate surface area is 120 Å². The summed E-state index contributed by atoms with van der Waals surface area (Å²) < 4.78 is 16.6. The molecule has 4 nitrogen and oxygen atoms in total. The summed E-state index contributed by atoms with van der Waals surface area (Å²) in [7, 11) is 1.64. The largest absolute Gasteiger partial charge is 0.497 e. The van der Waals surface area contributed by atoms with Crippen LogP contribution in [0.4, 0.5) is 0 Å². The first-order valence-corrected chi connectivity index (χ1v) is 6.93. The molecule has 1 aromatic rings. The standard InChI is InChI=1S/C16H22O4/c1-3-4-13(17)7-10-15-11-19-16(20-15)12-5-8-14(18-2)9-6-12/h3,5-6,8-9,13,15-17H,1,4,7,10-11H2,2H3/t13-,15+,16?/m1/s1. The summed E-state index contributed by atoms with van der Waals surface area (Å²) >= 11 is 0. The van der Waals surface area contributed by atoms with E-state index in [0.29, 0.717) is 19.4 Å². The predicted molar refractivity (Wildman–Crippen MR) is 76.6 cm³/mol. The van der Waals surface area contributed by atoms with Crippen LogP contribution in [0, 0.1) is 0 Å². The van der Waals surface area contributed by atoms with E-state index in [2.05, 4.69) is 6.58 Å². The van der Waals surface area contributed by atoms with Crippen molar-refractivity contribution in [3.05, 3.63) is 42.5 Å². The fourth-order valence-electron chi connectivity index (χ4n) is 2.22. The van der Waals surface area contributed by atoms with Gasteiger partial charge in [-0.1, -0.05) is 18.2 Å². The van der Waals surface area contributed by atoms with Gasteiger partial charge in [0.1, 0.15) is 5.75 Å². The summed E-state index contributed by atoms with van der Waals surface area (Å²) in [5, 5.41) is 9.67. The summed E-state index contributed by atoms with van der Waals surface area (Å²) in [5.74, 6) is 0.816. The van der Waals surface area contributed by atoms with Crippen LogP contribution in [0.25, 0.3) is 0 Å². The molecular weight excluding hydrogens is 256 g/mol. The van der Waals surface area contributed by atoms with E-state index in [0.717, 1.165) is 17.7 Å². The maximum Gasteiger partial charge on any atom is 0.184 e. The quantitative estimate of drug-likeness (QED) is 0.779. The molecule has 1 saturated heterocycles. The van der Waals surface area contributed by atoms with E-state index >= 15 is 0 Å². The zero-order valence-corrected chi connectivity index (χ0v) is 11.8. The minimum Gasteiger partial charge on any atom is -0.497 e. The fraction of sp³-hybridized carbons (Fsp3) is 0.500. The Morgan fingerprint density at radius 3 is 2.85 bits per heavy atom. The van der Waals surface area contributed by atoms with Gasteiger partial charge in [0, 0.05) is 5.56 Å². The molecule has 1 fully saturated rings. The van der Waals surface area contributed by atoms with Crippen molar-refractivity contribution < 1.29 is 19.3 Å². The Morgan fingerprint density at radius 2 is 2.20 bits per heavy atom. The van der Waals surface area contributed by atoms with Crippen molar-refractivity contribution in [1.82, 2.24) is 0 Å². The molecule has 0 saturated carbocycles. The van der Waals surface area contributed by atoms with Crippen molar-refractivity contribution in [2.45, 2.75) is 37.8 Å².